The molecular formula is C12H21N3O2S. The lowest BCUT2D eigenvalue weighted by Crippen LogP contribution is -2.40. The fourth-order valence-corrected chi connectivity index (χ4v) is 3.05. The largest absolute Gasteiger partial charge is 0.329 e. The number of hydrogen-bond acceptors (Lipinski definition) is 4. The Morgan fingerprint density at radius 1 is 1.44 bits per heavy atom. The fraction of sp³-hybridized carbons (Fsp3) is 0.583. The number of aromatic nitrogens is 1. The van der Waals surface area contributed by atoms with Crippen molar-refractivity contribution in [3.63, 3.8) is 0 Å². The van der Waals surface area contributed by atoms with E-state index >= 15 is 0 Å². The molecule has 2 N–H and O–H groups in total. The van der Waals surface area contributed by atoms with Gasteiger partial charge in [-0.3, -0.25) is 4.98 Å². The second-order valence-corrected chi connectivity index (χ2v) is 6.64. The predicted molar refractivity (Wildman–Crippen MR) is 72.5 cm³/mol. The van der Waals surface area contributed by atoms with Gasteiger partial charge in [-0.2, -0.15) is 4.31 Å². The normalized spacial score (nSPS) is 13.8. The lowest BCUT2D eigenvalue weighted by Gasteiger charge is -2.23. The SMILES string of the molecule is CCN(Cc1cccc(C)n1)S(=O)(=O)C(C)CN. The van der Waals surface area contributed by atoms with Crippen LogP contribution in [0.5, 0.6) is 0 Å². The maximum absolute atomic E-state index is 12.2. The summed E-state index contributed by atoms with van der Waals surface area (Å²) >= 11 is 0. The van der Waals surface area contributed by atoms with Gasteiger partial charge in [-0.25, -0.2) is 8.42 Å². The molecule has 0 aliphatic heterocycles. The van der Waals surface area contributed by atoms with Crippen molar-refractivity contribution in [1.29, 1.82) is 0 Å². The molecule has 0 aromatic carbocycles. The third-order valence-electron chi connectivity index (χ3n) is 2.84. The standard InChI is InChI=1S/C12H21N3O2S/c1-4-15(18(16,17)11(3)8-13)9-12-7-5-6-10(2)14-12/h5-7,11H,4,8-9,13H2,1-3H3. The summed E-state index contributed by atoms with van der Waals surface area (Å²) in [5.74, 6) is 0. The number of rotatable bonds is 6. The molecule has 0 aliphatic rings. The van der Waals surface area contributed by atoms with Crippen LogP contribution >= 0.6 is 0 Å². The van der Waals surface area contributed by atoms with Gasteiger partial charge in [0.1, 0.15) is 0 Å². The van der Waals surface area contributed by atoms with Gasteiger partial charge in [0, 0.05) is 18.8 Å². The van der Waals surface area contributed by atoms with E-state index in [9.17, 15) is 8.42 Å². The van der Waals surface area contributed by atoms with Crippen LogP contribution in [0.2, 0.25) is 0 Å². The van der Waals surface area contributed by atoms with Crippen molar-refractivity contribution in [3.8, 4) is 0 Å². The Morgan fingerprint density at radius 2 is 2.11 bits per heavy atom. The van der Waals surface area contributed by atoms with E-state index < -0.39 is 15.3 Å². The molecule has 1 aromatic rings. The molecule has 0 amide bonds. The summed E-state index contributed by atoms with van der Waals surface area (Å²) in [5, 5.41) is -0.567. The van der Waals surface area contributed by atoms with Gasteiger partial charge in [-0.1, -0.05) is 13.0 Å². The molecule has 1 aromatic heterocycles. The number of nitrogens with two attached hydrogens (primary N) is 1. The number of aryl methyl sites for hydroxylation is 1. The monoisotopic (exact) mass is 271 g/mol. The Labute approximate surface area is 109 Å². The van der Waals surface area contributed by atoms with Gasteiger partial charge in [0.05, 0.1) is 17.5 Å². The first-order chi connectivity index (χ1) is 8.41. The zero-order chi connectivity index (χ0) is 13.8. The van der Waals surface area contributed by atoms with E-state index in [1.54, 1.807) is 6.92 Å². The van der Waals surface area contributed by atoms with Crippen LogP contribution in [0.4, 0.5) is 0 Å². The molecule has 18 heavy (non-hydrogen) atoms. The Kier molecular flexibility index (Phi) is 5.25. The van der Waals surface area contributed by atoms with Crippen molar-refractivity contribution in [2.24, 2.45) is 5.73 Å². The van der Waals surface area contributed by atoms with E-state index in [4.69, 9.17) is 5.73 Å². The molecule has 1 heterocycles. The van der Waals surface area contributed by atoms with Crippen LogP contribution in [-0.4, -0.2) is 36.0 Å². The number of pyridine rings is 1. The molecule has 1 unspecified atom stereocenters. The summed E-state index contributed by atoms with van der Waals surface area (Å²) in [6.45, 7) is 6.17. The highest BCUT2D eigenvalue weighted by Crippen LogP contribution is 2.12. The quantitative estimate of drug-likeness (QED) is 0.833. The first-order valence-electron chi connectivity index (χ1n) is 6.03. The Balaban J connectivity index is 2.92. The van der Waals surface area contributed by atoms with E-state index in [1.807, 2.05) is 32.0 Å². The maximum Gasteiger partial charge on any atom is 0.218 e. The van der Waals surface area contributed by atoms with Crippen LogP contribution in [0.25, 0.3) is 0 Å². The highest BCUT2D eigenvalue weighted by atomic mass is 32.2. The molecule has 0 saturated carbocycles. The van der Waals surface area contributed by atoms with Gasteiger partial charge in [-0.15, -0.1) is 0 Å². The van der Waals surface area contributed by atoms with Gasteiger partial charge >= 0.3 is 0 Å². The predicted octanol–water partition coefficient (Wildman–Crippen LogP) is 0.889. The number of nitrogens with zero attached hydrogens (tertiary/aromatic N) is 2. The van der Waals surface area contributed by atoms with Gasteiger partial charge in [0.25, 0.3) is 0 Å². The third-order valence-corrected chi connectivity index (χ3v) is 5.15. The summed E-state index contributed by atoms with van der Waals surface area (Å²) in [5.41, 5.74) is 7.08. The molecule has 5 nitrogen and oxygen atoms in total. The molecular weight excluding hydrogens is 250 g/mol. The minimum absolute atomic E-state index is 0.125. The van der Waals surface area contributed by atoms with Crippen molar-refractivity contribution in [1.82, 2.24) is 9.29 Å². The van der Waals surface area contributed by atoms with Gasteiger partial charge in [0.15, 0.2) is 0 Å². The van der Waals surface area contributed by atoms with E-state index in [0.717, 1.165) is 11.4 Å². The van der Waals surface area contributed by atoms with Crippen molar-refractivity contribution in [2.45, 2.75) is 32.6 Å². The average Bonchev–Trinajstić information content (AvgIpc) is 2.34. The molecule has 1 rings (SSSR count). The Morgan fingerprint density at radius 3 is 2.61 bits per heavy atom. The maximum atomic E-state index is 12.2. The van der Waals surface area contributed by atoms with Crippen LogP contribution in [0.15, 0.2) is 18.2 Å². The van der Waals surface area contributed by atoms with Crippen molar-refractivity contribution in [2.75, 3.05) is 13.1 Å². The molecule has 0 saturated heterocycles. The third kappa shape index (κ3) is 3.51. The lowest BCUT2D eigenvalue weighted by molar-refractivity contribution is 0.412. The highest BCUT2D eigenvalue weighted by molar-refractivity contribution is 7.89. The van der Waals surface area contributed by atoms with E-state index in [-0.39, 0.29) is 6.54 Å². The molecule has 0 aliphatic carbocycles. The van der Waals surface area contributed by atoms with E-state index in [1.165, 1.54) is 4.31 Å². The minimum atomic E-state index is -3.34. The number of sulfonamides is 1. The van der Waals surface area contributed by atoms with Crippen LogP contribution in [-0.2, 0) is 16.6 Å². The smallest absolute Gasteiger partial charge is 0.218 e. The second-order valence-electron chi connectivity index (χ2n) is 4.29. The highest BCUT2D eigenvalue weighted by Gasteiger charge is 2.26. The average molecular weight is 271 g/mol. The molecule has 0 radical (unpaired) electrons. The summed E-state index contributed by atoms with van der Waals surface area (Å²) < 4.78 is 25.8. The van der Waals surface area contributed by atoms with E-state index in [2.05, 4.69) is 4.98 Å². The van der Waals surface area contributed by atoms with E-state index in [0.29, 0.717) is 13.1 Å². The van der Waals surface area contributed by atoms with Crippen molar-refractivity contribution < 1.29 is 8.42 Å². The molecule has 0 bridgehead atoms. The van der Waals surface area contributed by atoms with Crippen molar-refractivity contribution in [3.05, 3.63) is 29.6 Å². The van der Waals surface area contributed by atoms with Crippen LogP contribution in [0.3, 0.4) is 0 Å². The summed E-state index contributed by atoms with van der Waals surface area (Å²) in [6, 6.07) is 5.60. The molecule has 1 atom stereocenters. The summed E-state index contributed by atoms with van der Waals surface area (Å²) in [6.07, 6.45) is 0. The molecule has 6 heteroatoms. The summed E-state index contributed by atoms with van der Waals surface area (Å²) in [7, 11) is -3.34. The molecule has 0 fully saturated rings. The minimum Gasteiger partial charge on any atom is -0.329 e. The summed E-state index contributed by atoms with van der Waals surface area (Å²) in [4.78, 5) is 4.32. The first-order valence-corrected chi connectivity index (χ1v) is 7.53. The van der Waals surface area contributed by atoms with Gasteiger partial charge in [0.2, 0.25) is 10.0 Å². The fourth-order valence-electron chi connectivity index (χ4n) is 1.63. The Bertz CT molecular complexity index is 488. The molecule has 0 spiro atoms. The first kappa shape index (κ1) is 15.1. The van der Waals surface area contributed by atoms with Crippen LogP contribution in [0, 0.1) is 6.92 Å². The topological polar surface area (TPSA) is 76.3 Å². The van der Waals surface area contributed by atoms with Gasteiger partial charge < -0.3 is 5.73 Å². The van der Waals surface area contributed by atoms with Crippen LogP contribution < -0.4 is 5.73 Å². The van der Waals surface area contributed by atoms with Crippen LogP contribution in [0.1, 0.15) is 25.2 Å². The zero-order valence-electron chi connectivity index (χ0n) is 11.1. The number of hydrogen-bond donors (Lipinski definition) is 1. The Hall–Kier alpha value is -0.980. The lowest BCUT2D eigenvalue weighted by atomic mass is 10.3. The zero-order valence-corrected chi connectivity index (χ0v) is 11.9. The van der Waals surface area contributed by atoms with Crippen molar-refractivity contribution >= 4 is 10.0 Å². The van der Waals surface area contributed by atoms with Gasteiger partial charge in [-0.05, 0) is 26.0 Å². The second kappa shape index (κ2) is 6.26. The molecule has 102 valence electrons.